The molecule has 5 nitrogen and oxygen atoms in total. The highest BCUT2D eigenvalue weighted by Crippen LogP contribution is 2.55. The van der Waals surface area contributed by atoms with Crippen LogP contribution in [0.2, 0.25) is 5.02 Å². The second-order valence-corrected chi connectivity index (χ2v) is 9.83. The highest BCUT2D eigenvalue weighted by atomic mass is 35.5. The molecule has 4 heterocycles. The van der Waals surface area contributed by atoms with Gasteiger partial charge in [-0.25, -0.2) is 4.98 Å². The van der Waals surface area contributed by atoms with Gasteiger partial charge in [-0.2, -0.15) is 0 Å². The van der Waals surface area contributed by atoms with Crippen molar-refractivity contribution >= 4 is 34.0 Å². The molecule has 2 aromatic rings. The highest BCUT2D eigenvalue weighted by Gasteiger charge is 2.63. The van der Waals surface area contributed by atoms with Crippen LogP contribution in [0.5, 0.6) is 0 Å². The number of benzene rings is 1. The minimum absolute atomic E-state index is 0.0715. The maximum absolute atomic E-state index is 12.6. The van der Waals surface area contributed by atoms with E-state index in [9.17, 15) is 4.79 Å². The average molecular weight is 418 g/mol. The van der Waals surface area contributed by atoms with Crippen molar-refractivity contribution in [1.29, 1.82) is 0 Å². The zero-order valence-corrected chi connectivity index (χ0v) is 17.6. The van der Waals surface area contributed by atoms with E-state index in [1.54, 1.807) is 23.5 Å². The molecule has 4 atom stereocenters. The van der Waals surface area contributed by atoms with Gasteiger partial charge >= 0.3 is 0 Å². The van der Waals surface area contributed by atoms with Crippen molar-refractivity contribution in [3.63, 3.8) is 0 Å². The number of hydrogen-bond acceptors (Lipinski definition) is 5. The standard InChI is InChI=1S/C21H24ClN3O2S/c1-12-13(2)28-20(24-12)25-10-16-15(18-7-8-21(16,11-25)27-18)9-23-19(26)14-5-3-4-6-17(14)22/h3-6,15-16,18H,7-11H2,1-2H3,(H,23,26)/t15-,16+,18+,21+/m0/s1. The molecule has 0 saturated carbocycles. The third-order valence-corrected chi connectivity index (χ3v) is 8.15. The molecule has 2 bridgehead atoms. The van der Waals surface area contributed by atoms with Crippen molar-refractivity contribution in [2.24, 2.45) is 11.8 Å². The Morgan fingerprint density at radius 3 is 3.00 bits per heavy atom. The smallest absolute Gasteiger partial charge is 0.252 e. The largest absolute Gasteiger partial charge is 0.369 e. The molecule has 7 heteroatoms. The molecule has 3 aliphatic rings. The van der Waals surface area contributed by atoms with Crippen molar-refractivity contribution in [2.75, 3.05) is 24.5 Å². The van der Waals surface area contributed by atoms with Gasteiger partial charge in [0.1, 0.15) is 0 Å². The van der Waals surface area contributed by atoms with E-state index in [1.807, 2.05) is 12.1 Å². The summed E-state index contributed by atoms with van der Waals surface area (Å²) in [5.41, 5.74) is 1.57. The summed E-state index contributed by atoms with van der Waals surface area (Å²) in [6.45, 7) is 6.69. The SMILES string of the molecule is Cc1nc(N2C[C@@H]3[C@H](CNC(=O)c4ccccc4Cl)[C@H]4CC[C@]3(C2)O4)sc1C. The van der Waals surface area contributed by atoms with Gasteiger partial charge in [-0.1, -0.05) is 23.7 Å². The normalized spacial score (nSPS) is 30.7. The minimum atomic E-state index is -0.108. The highest BCUT2D eigenvalue weighted by molar-refractivity contribution is 7.15. The summed E-state index contributed by atoms with van der Waals surface area (Å²) in [5.74, 6) is 0.665. The Morgan fingerprint density at radius 2 is 2.25 bits per heavy atom. The third kappa shape index (κ3) is 2.85. The van der Waals surface area contributed by atoms with Crippen LogP contribution in [0.4, 0.5) is 5.13 Å². The van der Waals surface area contributed by atoms with E-state index >= 15 is 0 Å². The number of amides is 1. The average Bonchev–Trinajstić information content (AvgIpc) is 3.40. The quantitative estimate of drug-likeness (QED) is 0.821. The number of carbonyl (C=O) groups is 1. The maximum atomic E-state index is 12.6. The summed E-state index contributed by atoms with van der Waals surface area (Å²) in [4.78, 5) is 21.0. The molecule has 1 aromatic heterocycles. The monoisotopic (exact) mass is 417 g/mol. The van der Waals surface area contributed by atoms with E-state index < -0.39 is 0 Å². The molecule has 28 heavy (non-hydrogen) atoms. The van der Waals surface area contributed by atoms with Crippen molar-refractivity contribution in [3.05, 3.63) is 45.4 Å². The van der Waals surface area contributed by atoms with E-state index in [1.165, 1.54) is 4.88 Å². The second kappa shape index (κ2) is 6.71. The predicted molar refractivity (Wildman–Crippen MR) is 111 cm³/mol. The van der Waals surface area contributed by atoms with Crippen LogP contribution in [0, 0.1) is 25.7 Å². The fraction of sp³-hybridized carbons (Fsp3) is 0.524. The lowest BCUT2D eigenvalue weighted by atomic mass is 9.73. The number of aryl methyl sites for hydroxylation is 2. The van der Waals surface area contributed by atoms with Gasteiger partial charge in [-0.05, 0) is 38.8 Å². The summed E-state index contributed by atoms with van der Waals surface area (Å²) < 4.78 is 6.50. The number of anilines is 1. The molecule has 0 unspecified atom stereocenters. The van der Waals surface area contributed by atoms with Crippen LogP contribution < -0.4 is 10.2 Å². The van der Waals surface area contributed by atoms with Crippen molar-refractivity contribution in [3.8, 4) is 0 Å². The van der Waals surface area contributed by atoms with Gasteiger partial charge in [0.2, 0.25) is 0 Å². The van der Waals surface area contributed by atoms with Gasteiger partial charge in [0.25, 0.3) is 5.91 Å². The van der Waals surface area contributed by atoms with Gasteiger partial charge in [0.05, 0.1) is 28.0 Å². The number of fused-ring (bicyclic) bond motifs is 1. The summed E-state index contributed by atoms with van der Waals surface area (Å²) in [6.07, 6.45) is 2.43. The predicted octanol–water partition coefficient (Wildman–Crippen LogP) is 3.83. The third-order valence-electron chi connectivity index (χ3n) is 6.69. The first-order chi connectivity index (χ1) is 13.5. The van der Waals surface area contributed by atoms with Crippen LogP contribution in [0.1, 0.15) is 33.8 Å². The lowest BCUT2D eigenvalue weighted by Crippen LogP contribution is -2.41. The molecule has 1 spiro atoms. The molecular formula is C21H24ClN3O2S. The van der Waals surface area contributed by atoms with Crippen molar-refractivity contribution < 1.29 is 9.53 Å². The summed E-state index contributed by atoms with van der Waals surface area (Å²) in [5, 5.41) is 4.70. The molecule has 148 valence electrons. The Hall–Kier alpha value is -1.63. The van der Waals surface area contributed by atoms with Gasteiger partial charge in [-0.15, -0.1) is 11.3 Å². The van der Waals surface area contributed by atoms with Crippen LogP contribution in [-0.4, -0.2) is 42.2 Å². The van der Waals surface area contributed by atoms with Crippen molar-refractivity contribution in [2.45, 2.75) is 38.4 Å². The first kappa shape index (κ1) is 18.4. The van der Waals surface area contributed by atoms with E-state index in [2.05, 4.69) is 24.1 Å². The second-order valence-electron chi connectivity index (χ2n) is 8.24. The van der Waals surface area contributed by atoms with Gasteiger partial charge in [0, 0.05) is 36.3 Å². The van der Waals surface area contributed by atoms with Crippen LogP contribution in [0.3, 0.4) is 0 Å². The zero-order chi connectivity index (χ0) is 19.5. The van der Waals surface area contributed by atoms with E-state index in [0.717, 1.165) is 36.8 Å². The van der Waals surface area contributed by atoms with Gasteiger partial charge in [-0.3, -0.25) is 4.79 Å². The molecule has 0 radical (unpaired) electrons. The molecule has 1 amide bonds. The number of nitrogens with one attached hydrogen (secondary N) is 1. The number of thiazole rings is 1. The van der Waals surface area contributed by atoms with E-state index in [0.29, 0.717) is 29.0 Å². The van der Waals surface area contributed by atoms with E-state index in [-0.39, 0.29) is 17.6 Å². The summed E-state index contributed by atoms with van der Waals surface area (Å²) in [6, 6.07) is 7.19. The summed E-state index contributed by atoms with van der Waals surface area (Å²) >= 11 is 7.94. The minimum Gasteiger partial charge on any atom is -0.369 e. The Kier molecular flexibility index (Phi) is 4.41. The lowest BCUT2D eigenvalue weighted by Gasteiger charge is -2.29. The number of halogens is 1. The molecule has 5 rings (SSSR count). The molecule has 1 N–H and O–H groups in total. The molecule has 0 aliphatic carbocycles. The first-order valence-electron chi connectivity index (χ1n) is 9.86. The number of rotatable bonds is 4. The van der Waals surface area contributed by atoms with Crippen LogP contribution in [0.25, 0.3) is 0 Å². The van der Waals surface area contributed by atoms with Gasteiger partial charge in [0.15, 0.2) is 5.13 Å². The van der Waals surface area contributed by atoms with Crippen molar-refractivity contribution in [1.82, 2.24) is 10.3 Å². The number of hydrogen-bond donors (Lipinski definition) is 1. The van der Waals surface area contributed by atoms with E-state index in [4.69, 9.17) is 21.3 Å². The van der Waals surface area contributed by atoms with Crippen LogP contribution >= 0.6 is 22.9 Å². The molecule has 3 fully saturated rings. The first-order valence-corrected chi connectivity index (χ1v) is 11.1. The number of aromatic nitrogens is 1. The summed E-state index contributed by atoms with van der Waals surface area (Å²) in [7, 11) is 0. The lowest BCUT2D eigenvalue weighted by molar-refractivity contribution is 0.0141. The Balaban J connectivity index is 1.30. The molecule has 3 saturated heterocycles. The number of carbonyl (C=O) groups excluding carboxylic acids is 1. The zero-order valence-electron chi connectivity index (χ0n) is 16.1. The van der Waals surface area contributed by atoms with Crippen LogP contribution in [-0.2, 0) is 4.74 Å². The Labute approximate surface area is 174 Å². The Bertz CT molecular complexity index is 913. The van der Waals surface area contributed by atoms with Crippen LogP contribution in [0.15, 0.2) is 24.3 Å². The fourth-order valence-corrected chi connectivity index (χ4v) is 6.29. The maximum Gasteiger partial charge on any atom is 0.252 e. The molecule has 3 aliphatic heterocycles. The Morgan fingerprint density at radius 1 is 1.43 bits per heavy atom. The molecular weight excluding hydrogens is 394 g/mol. The number of nitrogens with zero attached hydrogens (tertiary/aromatic N) is 2. The number of ether oxygens (including phenoxy) is 1. The topological polar surface area (TPSA) is 54.5 Å². The fourth-order valence-electron chi connectivity index (χ4n) is 5.15. The van der Waals surface area contributed by atoms with Gasteiger partial charge < -0.3 is 15.0 Å². The molecule has 1 aromatic carbocycles.